The van der Waals surface area contributed by atoms with E-state index in [1.54, 1.807) is 0 Å². The summed E-state index contributed by atoms with van der Waals surface area (Å²) in [7, 11) is 0. The van der Waals surface area contributed by atoms with Crippen LogP contribution in [0.5, 0.6) is 0 Å². The van der Waals surface area contributed by atoms with E-state index in [2.05, 4.69) is 42.6 Å². The van der Waals surface area contributed by atoms with Gasteiger partial charge in [-0.1, -0.05) is 50.1 Å². The minimum Gasteiger partial charge on any atom is -0.310 e. The molecular formula is C16H23N. The molecule has 0 aromatic heterocycles. The number of hydrogen-bond donors (Lipinski definition) is 1. The summed E-state index contributed by atoms with van der Waals surface area (Å²) < 4.78 is 0. The van der Waals surface area contributed by atoms with Gasteiger partial charge in [0.25, 0.3) is 0 Å². The van der Waals surface area contributed by atoms with Crippen molar-refractivity contribution in [3.05, 3.63) is 35.9 Å². The lowest BCUT2D eigenvalue weighted by Gasteiger charge is -2.18. The maximum absolute atomic E-state index is 3.72. The zero-order valence-electron chi connectivity index (χ0n) is 10.7. The predicted molar refractivity (Wildman–Crippen MR) is 71.8 cm³/mol. The zero-order valence-corrected chi connectivity index (χ0v) is 10.7. The summed E-state index contributed by atoms with van der Waals surface area (Å²) in [5, 5.41) is 3.72. The molecule has 2 fully saturated rings. The van der Waals surface area contributed by atoms with Crippen molar-refractivity contribution in [2.45, 2.75) is 38.6 Å². The fourth-order valence-electron chi connectivity index (χ4n) is 3.90. The molecule has 1 aromatic rings. The Morgan fingerprint density at radius 3 is 2.35 bits per heavy atom. The molecule has 0 saturated heterocycles. The van der Waals surface area contributed by atoms with Crippen molar-refractivity contribution >= 4 is 0 Å². The molecule has 1 aromatic carbocycles. The van der Waals surface area contributed by atoms with Crippen molar-refractivity contribution in [3.63, 3.8) is 0 Å². The van der Waals surface area contributed by atoms with Crippen molar-refractivity contribution in [1.82, 2.24) is 5.32 Å². The van der Waals surface area contributed by atoms with E-state index in [1.165, 1.54) is 31.2 Å². The molecule has 2 saturated carbocycles. The van der Waals surface area contributed by atoms with Crippen LogP contribution in [0.1, 0.15) is 44.2 Å². The molecule has 92 valence electrons. The first-order chi connectivity index (χ1) is 8.42. The molecule has 1 nitrogen and oxygen atoms in total. The molecule has 17 heavy (non-hydrogen) atoms. The smallest absolute Gasteiger partial charge is 0.0354 e. The average molecular weight is 229 g/mol. The van der Waals surface area contributed by atoms with Gasteiger partial charge in [0.15, 0.2) is 0 Å². The van der Waals surface area contributed by atoms with Crippen molar-refractivity contribution in [2.75, 3.05) is 6.54 Å². The summed E-state index contributed by atoms with van der Waals surface area (Å²) >= 11 is 0. The highest BCUT2D eigenvalue weighted by molar-refractivity contribution is 5.23. The van der Waals surface area contributed by atoms with Crippen LogP contribution in [0.3, 0.4) is 0 Å². The normalized spacial score (nSPS) is 32.9. The van der Waals surface area contributed by atoms with E-state index in [9.17, 15) is 0 Å². The second-order valence-electron chi connectivity index (χ2n) is 5.64. The van der Waals surface area contributed by atoms with Gasteiger partial charge < -0.3 is 5.32 Å². The predicted octanol–water partition coefficient (Wildman–Crippen LogP) is 3.77. The Bertz CT molecular complexity index is 347. The highest BCUT2D eigenvalue weighted by Gasteiger charge is 2.54. The minimum atomic E-state index is 0.606. The van der Waals surface area contributed by atoms with Gasteiger partial charge in [0, 0.05) is 6.04 Å². The number of nitrogens with one attached hydrogen (secondary N) is 1. The second kappa shape index (κ2) is 4.81. The Morgan fingerprint density at radius 1 is 1.12 bits per heavy atom. The number of benzene rings is 1. The number of hydrogen-bond acceptors (Lipinski definition) is 1. The van der Waals surface area contributed by atoms with Crippen molar-refractivity contribution < 1.29 is 0 Å². The van der Waals surface area contributed by atoms with Gasteiger partial charge in [0.05, 0.1) is 0 Å². The third-order valence-electron chi connectivity index (χ3n) is 4.69. The lowest BCUT2D eigenvalue weighted by atomic mass is 10.00. The number of rotatable bonds is 4. The molecule has 0 aliphatic heterocycles. The fourth-order valence-corrected chi connectivity index (χ4v) is 3.90. The van der Waals surface area contributed by atoms with Gasteiger partial charge in [0.1, 0.15) is 0 Å². The molecule has 2 aliphatic carbocycles. The second-order valence-corrected chi connectivity index (χ2v) is 5.64. The zero-order chi connectivity index (χ0) is 11.7. The van der Waals surface area contributed by atoms with E-state index >= 15 is 0 Å². The van der Waals surface area contributed by atoms with Crippen LogP contribution in [0.15, 0.2) is 30.3 Å². The van der Waals surface area contributed by atoms with Crippen LogP contribution in [-0.2, 0) is 0 Å². The molecule has 0 bridgehead atoms. The third-order valence-corrected chi connectivity index (χ3v) is 4.69. The summed E-state index contributed by atoms with van der Waals surface area (Å²) in [5.74, 6) is 2.96. The molecule has 0 heterocycles. The first-order valence-corrected chi connectivity index (χ1v) is 7.20. The van der Waals surface area contributed by atoms with Crippen LogP contribution in [0.2, 0.25) is 0 Å². The fraction of sp³-hybridized carbons (Fsp3) is 0.625. The summed E-state index contributed by atoms with van der Waals surface area (Å²) in [6.45, 7) is 3.30. The van der Waals surface area contributed by atoms with Crippen molar-refractivity contribution in [2.24, 2.45) is 17.8 Å². The highest BCUT2D eigenvalue weighted by Crippen LogP contribution is 2.60. The van der Waals surface area contributed by atoms with E-state index in [0.717, 1.165) is 24.3 Å². The lowest BCUT2D eigenvalue weighted by Crippen LogP contribution is -2.23. The summed E-state index contributed by atoms with van der Waals surface area (Å²) in [4.78, 5) is 0. The molecular weight excluding hydrogens is 206 g/mol. The Balaban J connectivity index is 1.77. The van der Waals surface area contributed by atoms with Gasteiger partial charge in [-0.15, -0.1) is 0 Å². The van der Waals surface area contributed by atoms with Crippen molar-refractivity contribution in [3.8, 4) is 0 Å². The van der Waals surface area contributed by atoms with E-state index in [0.29, 0.717) is 6.04 Å². The largest absolute Gasteiger partial charge is 0.310 e. The Kier molecular flexibility index (Phi) is 3.19. The Morgan fingerprint density at radius 2 is 1.76 bits per heavy atom. The van der Waals surface area contributed by atoms with E-state index < -0.39 is 0 Å². The summed E-state index contributed by atoms with van der Waals surface area (Å²) in [6.07, 6.45) is 5.88. The first-order valence-electron chi connectivity index (χ1n) is 7.20. The first kappa shape index (κ1) is 11.3. The molecule has 1 heteroatoms. The van der Waals surface area contributed by atoms with E-state index in [4.69, 9.17) is 0 Å². The molecule has 2 aliphatic rings. The van der Waals surface area contributed by atoms with Gasteiger partial charge in [0.2, 0.25) is 0 Å². The van der Waals surface area contributed by atoms with Gasteiger partial charge in [-0.05, 0) is 42.7 Å². The van der Waals surface area contributed by atoms with E-state index in [-0.39, 0.29) is 0 Å². The monoisotopic (exact) mass is 229 g/mol. The van der Waals surface area contributed by atoms with Gasteiger partial charge >= 0.3 is 0 Å². The molecule has 3 rings (SSSR count). The Hall–Kier alpha value is -0.820. The third kappa shape index (κ3) is 2.13. The molecule has 0 spiro atoms. The van der Waals surface area contributed by atoms with Crippen LogP contribution < -0.4 is 5.32 Å². The van der Waals surface area contributed by atoms with Gasteiger partial charge in [-0.3, -0.25) is 0 Å². The van der Waals surface area contributed by atoms with Gasteiger partial charge in [-0.2, -0.15) is 0 Å². The van der Waals surface area contributed by atoms with E-state index in [1.807, 2.05) is 0 Å². The van der Waals surface area contributed by atoms with Crippen LogP contribution in [-0.4, -0.2) is 6.54 Å². The topological polar surface area (TPSA) is 12.0 Å². The average Bonchev–Trinajstić information content (AvgIpc) is 3.11. The summed E-state index contributed by atoms with van der Waals surface area (Å²) in [6, 6.07) is 11.6. The quantitative estimate of drug-likeness (QED) is 0.828. The minimum absolute atomic E-state index is 0.606. The number of fused-ring (bicyclic) bond motifs is 1. The van der Waals surface area contributed by atoms with Crippen LogP contribution in [0, 0.1) is 17.8 Å². The molecule has 1 N–H and O–H groups in total. The molecule has 0 radical (unpaired) electrons. The Labute approximate surface area is 105 Å². The SMILES string of the molecule is CCNC(c1ccccc1)C1C2CCCCC21. The molecule has 3 atom stereocenters. The maximum Gasteiger partial charge on any atom is 0.0354 e. The van der Waals surface area contributed by atoms with Gasteiger partial charge in [-0.25, -0.2) is 0 Å². The molecule has 0 amide bonds. The standard InChI is InChI=1S/C16H23N/c1-2-17-16(12-8-4-3-5-9-12)15-13-10-6-7-11-14(13)15/h3-5,8-9,13-17H,2,6-7,10-11H2,1H3. The van der Waals surface area contributed by atoms with Crippen LogP contribution in [0.4, 0.5) is 0 Å². The maximum atomic E-state index is 3.72. The highest BCUT2D eigenvalue weighted by atomic mass is 14.9. The molecule has 3 unspecified atom stereocenters. The van der Waals surface area contributed by atoms with Crippen molar-refractivity contribution in [1.29, 1.82) is 0 Å². The lowest BCUT2D eigenvalue weighted by molar-refractivity contribution is 0.457. The van der Waals surface area contributed by atoms with Crippen LogP contribution in [0.25, 0.3) is 0 Å². The van der Waals surface area contributed by atoms with Crippen LogP contribution >= 0.6 is 0 Å². The summed E-state index contributed by atoms with van der Waals surface area (Å²) in [5.41, 5.74) is 1.49.